The molecule has 0 amide bonds. The molecule has 4 nitrogen and oxygen atoms in total. The number of pyridine rings is 1. The molecule has 14 heavy (non-hydrogen) atoms. The largest absolute Gasteiger partial charge is 0.469 e. The SMILES string of the molecule is COC(=O)Cc1ccc(C#N)nc1Cl. The maximum absolute atomic E-state index is 10.9. The predicted octanol–water partition coefficient (Wildman–Crippen LogP) is 1.32. The molecule has 0 spiro atoms. The molecule has 0 fully saturated rings. The summed E-state index contributed by atoms with van der Waals surface area (Å²) in [5, 5.41) is 8.68. The van der Waals surface area contributed by atoms with Gasteiger partial charge in [-0.05, 0) is 6.07 Å². The van der Waals surface area contributed by atoms with E-state index in [9.17, 15) is 4.79 Å². The first-order valence-corrected chi connectivity index (χ1v) is 4.17. The molecule has 0 N–H and O–H groups in total. The normalized spacial score (nSPS) is 9.21. The zero-order valence-electron chi connectivity index (χ0n) is 7.45. The first-order chi connectivity index (χ1) is 6.67. The summed E-state index contributed by atoms with van der Waals surface area (Å²) in [5.41, 5.74) is 0.779. The number of hydrogen-bond acceptors (Lipinski definition) is 4. The average Bonchev–Trinajstić information content (AvgIpc) is 2.20. The van der Waals surface area contributed by atoms with Crippen LogP contribution in [0.3, 0.4) is 0 Å². The van der Waals surface area contributed by atoms with Gasteiger partial charge in [-0.15, -0.1) is 0 Å². The maximum atomic E-state index is 10.9. The standard InChI is InChI=1S/C9H7ClN2O2/c1-14-8(13)4-6-2-3-7(5-11)12-9(6)10/h2-3H,4H2,1H3. The third-order valence-corrected chi connectivity index (χ3v) is 1.93. The molecule has 0 saturated heterocycles. The van der Waals surface area contributed by atoms with Gasteiger partial charge in [0.1, 0.15) is 16.9 Å². The molecule has 0 aromatic carbocycles. The molecular formula is C9H7ClN2O2. The number of nitrogens with zero attached hydrogens (tertiary/aromatic N) is 2. The third kappa shape index (κ3) is 2.44. The van der Waals surface area contributed by atoms with Crippen molar-refractivity contribution in [2.24, 2.45) is 0 Å². The number of hydrogen-bond donors (Lipinski definition) is 0. The van der Waals surface area contributed by atoms with E-state index in [2.05, 4.69) is 9.72 Å². The van der Waals surface area contributed by atoms with Crippen LogP contribution in [-0.2, 0) is 16.0 Å². The zero-order chi connectivity index (χ0) is 10.6. The molecule has 1 aromatic heterocycles. The van der Waals surface area contributed by atoms with E-state index in [1.165, 1.54) is 13.2 Å². The van der Waals surface area contributed by atoms with Crippen molar-refractivity contribution in [3.05, 3.63) is 28.5 Å². The second-order valence-corrected chi connectivity index (χ2v) is 2.87. The summed E-state index contributed by atoms with van der Waals surface area (Å²) in [6.45, 7) is 0. The van der Waals surface area contributed by atoms with E-state index in [1.54, 1.807) is 6.07 Å². The van der Waals surface area contributed by atoms with Gasteiger partial charge in [0.15, 0.2) is 0 Å². The lowest BCUT2D eigenvalue weighted by molar-refractivity contribution is -0.139. The second-order valence-electron chi connectivity index (χ2n) is 2.51. The summed E-state index contributed by atoms with van der Waals surface area (Å²) in [6.07, 6.45) is 0.0635. The van der Waals surface area contributed by atoms with E-state index >= 15 is 0 Å². The van der Waals surface area contributed by atoms with Crippen LogP contribution in [0.5, 0.6) is 0 Å². The van der Waals surface area contributed by atoms with Crippen LogP contribution in [-0.4, -0.2) is 18.1 Å². The van der Waals surface area contributed by atoms with Crippen molar-refractivity contribution in [1.82, 2.24) is 4.98 Å². The molecule has 0 aliphatic carbocycles. The van der Waals surface area contributed by atoms with Gasteiger partial charge in [0.2, 0.25) is 0 Å². The van der Waals surface area contributed by atoms with E-state index < -0.39 is 5.97 Å². The highest BCUT2D eigenvalue weighted by Crippen LogP contribution is 2.14. The molecule has 0 atom stereocenters. The quantitative estimate of drug-likeness (QED) is 0.546. The van der Waals surface area contributed by atoms with E-state index in [-0.39, 0.29) is 17.3 Å². The van der Waals surface area contributed by atoms with E-state index in [4.69, 9.17) is 16.9 Å². The molecular weight excluding hydrogens is 204 g/mol. The zero-order valence-corrected chi connectivity index (χ0v) is 8.21. The maximum Gasteiger partial charge on any atom is 0.310 e. The van der Waals surface area contributed by atoms with Gasteiger partial charge >= 0.3 is 5.97 Å². The van der Waals surface area contributed by atoms with Crippen LogP contribution in [0.2, 0.25) is 5.15 Å². The lowest BCUT2D eigenvalue weighted by Gasteiger charge is -2.01. The van der Waals surface area contributed by atoms with Gasteiger partial charge in [-0.25, -0.2) is 4.98 Å². The number of aromatic nitrogens is 1. The summed E-state index contributed by atoms with van der Waals surface area (Å²) < 4.78 is 4.48. The van der Waals surface area contributed by atoms with Crippen LogP contribution in [0.4, 0.5) is 0 Å². The Morgan fingerprint density at radius 2 is 2.43 bits per heavy atom. The molecule has 0 bridgehead atoms. The molecule has 0 unspecified atom stereocenters. The number of nitriles is 1. The van der Waals surface area contributed by atoms with Crippen molar-refractivity contribution in [3.63, 3.8) is 0 Å². The fourth-order valence-corrected chi connectivity index (χ4v) is 1.11. The van der Waals surface area contributed by atoms with Gasteiger partial charge in [0.25, 0.3) is 0 Å². The second kappa shape index (κ2) is 4.58. The highest BCUT2D eigenvalue weighted by molar-refractivity contribution is 6.30. The molecule has 1 aromatic rings. The van der Waals surface area contributed by atoms with Crippen LogP contribution in [0.25, 0.3) is 0 Å². The van der Waals surface area contributed by atoms with Crippen molar-refractivity contribution in [3.8, 4) is 6.07 Å². The summed E-state index contributed by atoms with van der Waals surface area (Å²) in [4.78, 5) is 14.7. The molecule has 0 saturated carbocycles. The number of carbonyl (C=O) groups is 1. The van der Waals surface area contributed by atoms with Crippen molar-refractivity contribution in [1.29, 1.82) is 5.26 Å². The Bertz CT molecular complexity index is 398. The van der Waals surface area contributed by atoms with Crippen molar-refractivity contribution in [2.75, 3.05) is 7.11 Å². The van der Waals surface area contributed by atoms with Crippen LogP contribution in [0.15, 0.2) is 12.1 Å². The number of ether oxygens (including phenoxy) is 1. The Kier molecular flexibility index (Phi) is 3.43. The summed E-state index contributed by atoms with van der Waals surface area (Å²) in [5.74, 6) is -0.390. The van der Waals surface area contributed by atoms with E-state index in [0.717, 1.165) is 0 Å². The first kappa shape index (κ1) is 10.5. The summed E-state index contributed by atoms with van der Waals surface area (Å²) in [6, 6.07) is 4.94. The Morgan fingerprint density at radius 3 is 2.93 bits per heavy atom. The lowest BCUT2D eigenvalue weighted by Crippen LogP contribution is -2.05. The molecule has 0 aliphatic heterocycles. The summed E-state index contributed by atoms with van der Waals surface area (Å²) >= 11 is 5.74. The fraction of sp³-hybridized carbons (Fsp3) is 0.222. The Hall–Kier alpha value is -1.60. The van der Waals surface area contributed by atoms with Crippen LogP contribution in [0.1, 0.15) is 11.3 Å². The number of carbonyl (C=O) groups excluding carboxylic acids is 1. The van der Waals surface area contributed by atoms with Gasteiger partial charge in [0.05, 0.1) is 13.5 Å². The Morgan fingerprint density at radius 1 is 1.71 bits per heavy atom. The minimum Gasteiger partial charge on any atom is -0.469 e. The van der Waals surface area contributed by atoms with Crippen LogP contribution >= 0.6 is 11.6 Å². The smallest absolute Gasteiger partial charge is 0.310 e. The number of halogens is 1. The molecule has 72 valence electrons. The van der Waals surface area contributed by atoms with Crippen molar-refractivity contribution in [2.45, 2.75) is 6.42 Å². The number of methoxy groups -OCH3 is 1. The highest BCUT2D eigenvalue weighted by atomic mass is 35.5. The molecule has 0 radical (unpaired) electrons. The molecule has 1 rings (SSSR count). The van der Waals surface area contributed by atoms with Crippen molar-refractivity contribution < 1.29 is 9.53 Å². The first-order valence-electron chi connectivity index (χ1n) is 3.79. The molecule has 1 heterocycles. The monoisotopic (exact) mass is 210 g/mol. The average molecular weight is 211 g/mol. The minimum absolute atomic E-state index is 0.0635. The van der Waals surface area contributed by atoms with Gasteiger partial charge < -0.3 is 4.74 Å². The Labute approximate surface area is 86.1 Å². The van der Waals surface area contributed by atoms with Gasteiger partial charge in [-0.1, -0.05) is 17.7 Å². The number of rotatable bonds is 2. The molecule has 5 heteroatoms. The lowest BCUT2D eigenvalue weighted by atomic mass is 10.2. The summed E-state index contributed by atoms with van der Waals surface area (Å²) in [7, 11) is 1.30. The highest BCUT2D eigenvalue weighted by Gasteiger charge is 2.08. The fourth-order valence-electron chi connectivity index (χ4n) is 0.885. The predicted molar refractivity (Wildman–Crippen MR) is 49.7 cm³/mol. The van der Waals surface area contributed by atoms with Gasteiger partial charge in [-0.2, -0.15) is 5.26 Å². The minimum atomic E-state index is -0.390. The third-order valence-electron chi connectivity index (χ3n) is 1.60. The topological polar surface area (TPSA) is 63.0 Å². The van der Waals surface area contributed by atoms with Crippen molar-refractivity contribution >= 4 is 17.6 Å². The molecule has 0 aliphatic rings. The van der Waals surface area contributed by atoms with Crippen LogP contribution < -0.4 is 0 Å². The van der Waals surface area contributed by atoms with E-state index in [0.29, 0.717) is 5.56 Å². The van der Waals surface area contributed by atoms with Gasteiger partial charge in [0, 0.05) is 5.56 Å². The van der Waals surface area contributed by atoms with E-state index in [1.807, 2.05) is 6.07 Å². The Balaban J connectivity index is 2.90. The van der Waals surface area contributed by atoms with Gasteiger partial charge in [-0.3, -0.25) is 4.79 Å². The van der Waals surface area contributed by atoms with Crippen LogP contribution in [0, 0.1) is 11.3 Å². The number of esters is 1.